The molecule has 28 heavy (non-hydrogen) atoms. The van der Waals surface area contributed by atoms with Crippen molar-refractivity contribution in [1.29, 1.82) is 5.26 Å². The van der Waals surface area contributed by atoms with Crippen LogP contribution in [0.15, 0.2) is 70.4 Å². The maximum atomic E-state index is 13.2. The van der Waals surface area contributed by atoms with Gasteiger partial charge in [0.05, 0.1) is 22.6 Å². The van der Waals surface area contributed by atoms with Gasteiger partial charge in [-0.15, -0.1) is 11.8 Å². The van der Waals surface area contributed by atoms with E-state index in [1.54, 1.807) is 30.3 Å². The van der Waals surface area contributed by atoms with E-state index in [0.29, 0.717) is 37.6 Å². The van der Waals surface area contributed by atoms with Crippen LogP contribution < -0.4 is 10.6 Å². The normalized spacial score (nSPS) is 16.5. The average molecular weight is 430 g/mol. The van der Waals surface area contributed by atoms with Gasteiger partial charge in [-0.1, -0.05) is 41.4 Å². The van der Waals surface area contributed by atoms with Crippen LogP contribution in [0, 0.1) is 11.3 Å². The second-order valence-electron chi connectivity index (χ2n) is 6.14. The fourth-order valence-corrected chi connectivity index (χ4v) is 4.14. The Labute approximate surface area is 178 Å². The molecule has 142 valence electrons. The number of rotatable bonds is 4. The van der Waals surface area contributed by atoms with Crippen molar-refractivity contribution < 1.29 is 4.79 Å². The number of nitriles is 1. The number of carbonyl (C=O) groups excluding carboxylic acids is 1. The summed E-state index contributed by atoms with van der Waals surface area (Å²) >= 11 is 13.8. The topological polar surface area (TPSA) is 64.9 Å². The van der Waals surface area contributed by atoms with E-state index in [1.807, 2.05) is 31.4 Å². The number of amides is 1. The van der Waals surface area contributed by atoms with Crippen LogP contribution in [-0.2, 0) is 4.79 Å². The lowest BCUT2D eigenvalue weighted by molar-refractivity contribution is -0.113. The van der Waals surface area contributed by atoms with Crippen molar-refractivity contribution in [2.24, 2.45) is 0 Å². The first-order chi connectivity index (χ1) is 13.5. The standard InChI is InChI=1S/C21H17Cl2N3OS/c1-12-18(20(27)26-14-9-7-13(22)8-10-14)19(15-5-3-4-6-17(15)23)16(11-24)21(25-12)28-2/h3-10,19,25H,1-2H3,(H,26,27)/t19-/m1/s1. The highest BCUT2D eigenvalue weighted by molar-refractivity contribution is 8.02. The quantitative estimate of drug-likeness (QED) is 0.654. The molecule has 4 nitrogen and oxygen atoms in total. The first kappa shape index (κ1) is 20.3. The van der Waals surface area contributed by atoms with Crippen molar-refractivity contribution in [2.75, 3.05) is 11.6 Å². The summed E-state index contributed by atoms with van der Waals surface area (Å²) in [5, 5.41) is 17.7. The van der Waals surface area contributed by atoms with Crippen LogP contribution in [-0.4, -0.2) is 12.2 Å². The monoisotopic (exact) mass is 429 g/mol. The Morgan fingerprint density at radius 3 is 2.46 bits per heavy atom. The fourth-order valence-electron chi connectivity index (χ4n) is 3.13. The zero-order chi connectivity index (χ0) is 20.3. The van der Waals surface area contributed by atoms with Crippen LogP contribution in [0.25, 0.3) is 0 Å². The number of nitrogens with zero attached hydrogens (tertiary/aromatic N) is 1. The van der Waals surface area contributed by atoms with Crippen LogP contribution in [0.3, 0.4) is 0 Å². The van der Waals surface area contributed by atoms with Gasteiger partial charge in [0.2, 0.25) is 0 Å². The van der Waals surface area contributed by atoms with Crippen molar-refractivity contribution in [1.82, 2.24) is 5.32 Å². The lowest BCUT2D eigenvalue weighted by atomic mass is 9.82. The van der Waals surface area contributed by atoms with Gasteiger partial charge in [0, 0.05) is 27.0 Å². The molecule has 0 bridgehead atoms. The van der Waals surface area contributed by atoms with Gasteiger partial charge in [0.15, 0.2) is 0 Å². The van der Waals surface area contributed by atoms with E-state index in [1.165, 1.54) is 11.8 Å². The van der Waals surface area contributed by atoms with Crippen LogP contribution in [0.4, 0.5) is 5.69 Å². The maximum Gasteiger partial charge on any atom is 0.254 e. The molecule has 0 fully saturated rings. The Hall–Kier alpha value is -2.39. The summed E-state index contributed by atoms with van der Waals surface area (Å²) in [5.74, 6) is -0.861. The molecule has 7 heteroatoms. The third-order valence-electron chi connectivity index (χ3n) is 4.41. The molecule has 1 aliphatic rings. The molecule has 0 saturated heterocycles. The van der Waals surface area contributed by atoms with Gasteiger partial charge in [-0.05, 0) is 49.1 Å². The number of allylic oxidation sites excluding steroid dienone is 2. The third-order valence-corrected chi connectivity index (χ3v) is 5.74. The molecule has 3 rings (SSSR count). The molecule has 1 aliphatic heterocycles. The third kappa shape index (κ3) is 4.05. The number of dihydropyridines is 1. The maximum absolute atomic E-state index is 13.2. The van der Waals surface area contributed by atoms with E-state index in [4.69, 9.17) is 23.2 Å². The van der Waals surface area contributed by atoms with Crippen molar-refractivity contribution >= 4 is 46.6 Å². The summed E-state index contributed by atoms with van der Waals surface area (Å²) in [6, 6.07) is 16.4. The summed E-state index contributed by atoms with van der Waals surface area (Å²) in [5.41, 5.74) is 2.93. The zero-order valence-corrected chi connectivity index (χ0v) is 17.5. The van der Waals surface area contributed by atoms with Gasteiger partial charge in [0.1, 0.15) is 0 Å². The van der Waals surface area contributed by atoms with Crippen LogP contribution in [0.5, 0.6) is 0 Å². The number of halogens is 2. The fraction of sp³-hybridized carbons (Fsp3) is 0.143. The molecule has 0 saturated carbocycles. The van der Waals surface area contributed by atoms with Crippen LogP contribution in [0.2, 0.25) is 10.0 Å². The Kier molecular flexibility index (Phi) is 6.35. The Morgan fingerprint density at radius 2 is 1.86 bits per heavy atom. The number of nitrogens with one attached hydrogen (secondary N) is 2. The second kappa shape index (κ2) is 8.74. The SMILES string of the molecule is CSC1=C(C#N)[C@@H](c2ccccc2Cl)C(C(=O)Nc2ccc(Cl)cc2)=C(C)N1. The number of anilines is 1. The molecule has 0 spiro atoms. The molecule has 2 N–H and O–H groups in total. The molecular weight excluding hydrogens is 413 g/mol. The molecule has 1 atom stereocenters. The van der Waals surface area contributed by atoms with Crippen LogP contribution in [0.1, 0.15) is 18.4 Å². The van der Waals surface area contributed by atoms with E-state index in [9.17, 15) is 10.1 Å². The van der Waals surface area contributed by atoms with Crippen LogP contribution >= 0.6 is 35.0 Å². The highest BCUT2D eigenvalue weighted by Crippen LogP contribution is 2.42. The van der Waals surface area contributed by atoms with Gasteiger partial charge >= 0.3 is 0 Å². The minimum Gasteiger partial charge on any atom is -0.353 e. The van der Waals surface area contributed by atoms with Gasteiger partial charge in [0.25, 0.3) is 5.91 Å². The molecular formula is C21H17Cl2N3OS. The van der Waals surface area contributed by atoms with E-state index >= 15 is 0 Å². The lowest BCUT2D eigenvalue weighted by Crippen LogP contribution is -2.30. The zero-order valence-electron chi connectivity index (χ0n) is 15.2. The average Bonchev–Trinajstić information content (AvgIpc) is 2.69. The van der Waals surface area contributed by atoms with Crippen molar-refractivity contribution in [3.63, 3.8) is 0 Å². The van der Waals surface area contributed by atoms with E-state index < -0.39 is 5.92 Å². The molecule has 2 aromatic carbocycles. The largest absolute Gasteiger partial charge is 0.353 e. The number of hydrogen-bond acceptors (Lipinski definition) is 4. The molecule has 0 radical (unpaired) electrons. The number of benzene rings is 2. The minimum absolute atomic E-state index is 0.301. The Morgan fingerprint density at radius 1 is 1.18 bits per heavy atom. The summed E-state index contributed by atoms with van der Waals surface area (Å²) in [7, 11) is 0. The highest BCUT2D eigenvalue weighted by Gasteiger charge is 2.35. The van der Waals surface area contributed by atoms with E-state index in [0.717, 1.165) is 5.56 Å². The van der Waals surface area contributed by atoms with Crippen molar-refractivity contribution in [2.45, 2.75) is 12.8 Å². The molecule has 1 heterocycles. The Balaban J connectivity index is 2.08. The number of hydrogen-bond donors (Lipinski definition) is 2. The predicted octanol–water partition coefficient (Wildman–Crippen LogP) is 5.69. The summed E-state index contributed by atoms with van der Waals surface area (Å²) in [6.45, 7) is 1.82. The minimum atomic E-state index is -0.560. The van der Waals surface area contributed by atoms with Crippen molar-refractivity contribution in [3.05, 3.63) is 86.0 Å². The predicted molar refractivity (Wildman–Crippen MR) is 116 cm³/mol. The summed E-state index contributed by atoms with van der Waals surface area (Å²) < 4.78 is 0. The smallest absolute Gasteiger partial charge is 0.254 e. The summed E-state index contributed by atoms with van der Waals surface area (Å²) in [4.78, 5) is 13.2. The molecule has 0 aromatic heterocycles. The molecule has 1 amide bonds. The summed E-state index contributed by atoms with van der Waals surface area (Å²) in [6.07, 6.45) is 1.88. The molecule has 0 unspecified atom stereocenters. The first-order valence-corrected chi connectivity index (χ1v) is 10.4. The number of carbonyl (C=O) groups is 1. The van der Waals surface area contributed by atoms with Gasteiger partial charge in [-0.25, -0.2) is 0 Å². The lowest BCUT2D eigenvalue weighted by Gasteiger charge is -2.30. The van der Waals surface area contributed by atoms with E-state index in [-0.39, 0.29) is 5.91 Å². The van der Waals surface area contributed by atoms with Gasteiger partial charge in [-0.2, -0.15) is 5.26 Å². The van der Waals surface area contributed by atoms with Gasteiger partial charge in [-0.3, -0.25) is 4.79 Å². The van der Waals surface area contributed by atoms with Gasteiger partial charge < -0.3 is 10.6 Å². The highest BCUT2D eigenvalue weighted by atomic mass is 35.5. The van der Waals surface area contributed by atoms with Crippen molar-refractivity contribution in [3.8, 4) is 6.07 Å². The first-order valence-electron chi connectivity index (χ1n) is 8.43. The molecule has 0 aliphatic carbocycles. The number of thioether (sulfide) groups is 1. The molecule has 2 aromatic rings. The second-order valence-corrected chi connectivity index (χ2v) is 7.80. The Bertz CT molecular complexity index is 1020. The van der Waals surface area contributed by atoms with E-state index in [2.05, 4.69) is 16.7 Å².